The van der Waals surface area contributed by atoms with Gasteiger partial charge >= 0.3 is 0 Å². The Bertz CT molecular complexity index is 586. The molecule has 2 rings (SSSR count). The van der Waals surface area contributed by atoms with E-state index in [9.17, 15) is 18.4 Å². The summed E-state index contributed by atoms with van der Waals surface area (Å²) >= 11 is 0. The Morgan fingerprint density at radius 2 is 2.12 bits per heavy atom. The third-order valence-corrected chi connectivity index (χ3v) is 3.75. The summed E-state index contributed by atoms with van der Waals surface area (Å²) in [6.07, 6.45) is 0.810. The van der Waals surface area contributed by atoms with Gasteiger partial charge < -0.3 is 15.5 Å². The lowest BCUT2D eigenvalue weighted by atomic mass is 10.2. The lowest BCUT2D eigenvalue weighted by molar-refractivity contribution is -0.132. The van der Waals surface area contributed by atoms with E-state index >= 15 is 0 Å². The van der Waals surface area contributed by atoms with E-state index in [2.05, 4.69) is 10.6 Å². The summed E-state index contributed by atoms with van der Waals surface area (Å²) < 4.78 is 26.2. The number of hydrogen-bond acceptors (Lipinski definition) is 3. The van der Waals surface area contributed by atoms with E-state index in [0.29, 0.717) is 32.0 Å². The number of benzene rings is 1. The fourth-order valence-corrected chi connectivity index (χ4v) is 2.53. The third-order valence-electron chi connectivity index (χ3n) is 3.75. The number of hydrogen-bond donors (Lipinski definition) is 2. The van der Waals surface area contributed by atoms with Crippen LogP contribution >= 0.6 is 12.4 Å². The smallest absolute Gasteiger partial charge is 0.254 e. The van der Waals surface area contributed by atoms with Gasteiger partial charge in [-0.15, -0.1) is 12.4 Å². The van der Waals surface area contributed by atoms with Gasteiger partial charge in [0.1, 0.15) is 11.6 Å². The predicted octanol–water partition coefficient (Wildman–Crippen LogP) is 1.72. The number of halogens is 3. The van der Waals surface area contributed by atoms with Crippen LogP contribution in [0.25, 0.3) is 0 Å². The average Bonchev–Trinajstić information content (AvgIpc) is 2.51. The molecule has 1 aromatic carbocycles. The third kappa shape index (κ3) is 5.72. The second kappa shape index (κ2) is 9.54. The molecular weight excluding hydrogens is 340 g/mol. The number of nitrogens with zero attached hydrogens (tertiary/aromatic N) is 1. The van der Waals surface area contributed by atoms with Crippen LogP contribution in [0.4, 0.5) is 8.78 Å². The van der Waals surface area contributed by atoms with Gasteiger partial charge in [-0.1, -0.05) is 0 Å². The summed E-state index contributed by atoms with van der Waals surface area (Å²) in [6.45, 7) is 4.45. The fourth-order valence-electron chi connectivity index (χ4n) is 2.53. The molecule has 0 aliphatic carbocycles. The van der Waals surface area contributed by atoms with Gasteiger partial charge in [0.2, 0.25) is 5.91 Å². The van der Waals surface area contributed by atoms with Gasteiger partial charge in [0.15, 0.2) is 0 Å². The van der Waals surface area contributed by atoms with Crippen molar-refractivity contribution in [3.05, 3.63) is 35.4 Å². The van der Waals surface area contributed by atoms with Crippen molar-refractivity contribution in [2.24, 2.45) is 0 Å². The molecule has 1 unspecified atom stereocenters. The first-order chi connectivity index (χ1) is 11.0. The number of carbonyl (C=O) groups excluding carboxylic acids is 2. The number of piperazine rings is 1. The van der Waals surface area contributed by atoms with Crippen molar-refractivity contribution in [1.29, 1.82) is 0 Å². The molecule has 0 saturated carbocycles. The Kier molecular flexibility index (Phi) is 8.07. The number of amides is 2. The van der Waals surface area contributed by atoms with Gasteiger partial charge in [-0.25, -0.2) is 8.78 Å². The SMILES string of the molecule is CC1CN(C(=O)CCCNC(=O)c2ccc(F)cc2F)CCN1.Cl. The van der Waals surface area contributed by atoms with E-state index in [1.165, 1.54) is 0 Å². The average molecular weight is 362 g/mol. The number of nitrogens with one attached hydrogen (secondary N) is 2. The second-order valence-electron chi connectivity index (χ2n) is 5.68. The second-order valence-corrected chi connectivity index (χ2v) is 5.68. The minimum absolute atomic E-state index is 0. The standard InChI is InChI=1S/C16H21F2N3O2.ClH/c1-11-10-21(8-7-19-11)15(22)3-2-6-20-16(23)13-5-4-12(17)9-14(13)18;/h4-5,9,11,19H,2-3,6-8,10H2,1H3,(H,20,23);1H. The van der Waals surface area contributed by atoms with Gasteiger partial charge in [0.05, 0.1) is 5.56 Å². The molecule has 2 amide bonds. The fraction of sp³-hybridized carbons (Fsp3) is 0.500. The van der Waals surface area contributed by atoms with E-state index in [-0.39, 0.29) is 36.5 Å². The maximum absolute atomic E-state index is 13.5. The molecular formula is C16H22ClF2N3O2. The van der Waals surface area contributed by atoms with Gasteiger partial charge in [0, 0.05) is 44.7 Å². The summed E-state index contributed by atoms with van der Waals surface area (Å²) in [7, 11) is 0. The van der Waals surface area contributed by atoms with Crippen LogP contribution in [0.2, 0.25) is 0 Å². The molecule has 1 fully saturated rings. The summed E-state index contributed by atoms with van der Waals surface area (Å²) in [6, 6.07) is 3.10. The first-order valence-corrected chi connectivity index (χ1v) is 7.72. The van der Waals surface area contributed by atoms with E-state index in [1.54, 1.807) is 0 Å². The van der Waals surface area contributed by atoms with Crippen molar-refractivity contribution < 1.29 is 18.4 Å². The van der Waals surface area contributed by atoms with Crippen LogP contribution < -0.4 is 10.6 Å². The van der Waals surface area contributed by atoms with Crippen molar-refractivity contribution in [1.82, 2.24) is 15.5 Å². The summed E-state index contributed by atoms with van der Waals surface area (Å²) in [5.41, 5.74) is -0.200. The van der Waals surface area contributed by atoms with Crippen molar-refractivity contribution in [3.63, 3.8) is 0 Å². The Labute approximate surface area is 146 Å². The van der Waals surface area contributed by atoms with Gasteiger partial charge in [0.25, 0.3) is 5.91 Å². The van der Waals surface area contributed by atoms with Gasteiger partial charge in [-0.05, 0) is 25.5 Å². The molecule has 2 N–H and O–H groups in total. The summed E-state index contributed by atoms with van der Waals surface area (Å²) in [5.74, 6) is -2.17. The van der Waals surface area contributed by atoms with Crippen molar-refractivity contribution >= 4 is 24.2 Å². The molecule has 5 nitrogen and oxygen atoms in total. The summed E-state index contributed by atoms with van der Waals surface area (Å²) in [5, 5.41) is 5.81. The van der Waals surface area contributed by atoms with Crippen LogP contribution in [0, 0.1) is 11.6 Å². The minimum Gasteiger partial charge on any atom is -0.352 e. The molecule has 1 heterocycles. The largest absolute Gasteiger partial charge is 0.352 e. The van der Waals surface area contributed by atoms with Gasteiger partial charge in [-0.3, -0.25) is 9.59 Å². The monoisotopic (exact) mass is 361 g/mol. The van der Waals surface area contributed by atoms with Crippen LogP contribution in [0.5, 0.6) is 0 Å². The normalized spacial score (nSPS) is 17.1. The minimum atomic E-state index is -0.895. The number of rotatable bonds is 5. The zero-order valence-corrected chi connectivity index (χ0v) is 14.3. The maximum atomic E-state index is 13.5. The summed E-state index contributed by atoms with van der Waals surface area (Å²) in [4.78, 5) is 25.6. The van der Waals surface area contributed by atoms with Crippen LogP contribution in [0.15, 0.2) is 18.2 Å². The highest BCUT2D eigenvalue weighted by Gasteiger charge is 2.20. The Morgan fingerprint density at radius 3 is 2.79 bits per heavy atom. The highest BCUT2D eigenvalue weighted by molar-refractivity contribution is 5.94. The Hall–Kier alpha value is -1.73. The molecule has 24 heavy (non-hydrogen) atoms. The molecule has 8 heteroatoms. The van der Waals surface area contributed by atoms with Crippen LogP contribution in [0.1, 0.15) is 30.1 Å². The van der Waals surface area contributed by atoms with E-state index in [4.69, 9.17) is 0 Å². The van der Waals surface area contributed by atoms with Crippen LogP contribution in [0.3, 0.4) is 0 Å². The van der Waals surface area contributed by atoms with E-state index in [0.717, 1.165) is 18.7 Å². The van der Waals surface area contributed by atoms with Gasteiger partial charge in [-0.2, -0.15) is 0 Å². The molecule has 1 aliphatic rings. The molecule has 0 bridgehead atoms. The van der Waals surface area contributed by atoms with Crippen molar-refractivity contribution in [2.45, 2.75) is 25.8 Å². The number of carbonyl (C=O) groups is 2. The first-order valence-electron chi connectivity index (χ1n) is 7.72. The van der Waals surface area contributed by atoms with E-state index < -0.39 is 17.5 Å². The molecule has 1 atom stereocenters. The molecule has 1 aliphatic heterocycles. The molecule has 1 saturated heterocycles. The quantitative estimate of drug-likeness (QED) is 0.785. The molecule has 0 aromatic heterocycles. The predicted molar refractivity (Wildman–Crippen MR) is 89.2 cm³/mol. The Balaban J connectivity index is 0.00000288. The molecule has 1 aromatic rings. The molecule has 134 valence electrons. The van der Waals surface area contributed by atoms with E-state index in [1.807, 2.05) is 11.8 Å². The maximum Gasteiger partial charge on any atom is 0.254 e. The van der Waals surface area contributed by atoms with Crippen LogP contribution in [-0.4, -0.2) is 48.9 Å². The Morgan fingerprint density at radius 1 is 1.38 bits per heavy atom. The highest BCUT2D eigenvalue weighted by atomic mass is 35.5. The lowest BCUT2D eigenvalue weighted by Gasteiger charge is -2.32. The van der Waals surface area contributed by atoms with Crippen molar-refractivity contribution in [2.75, 3.05) is 26.2 Å². The highest BCUT2D eigenvalue weighted by Crippen LogP contribution is 2.09. The molecule has 0 radical (unpaired) electrons. The first kappa shape index (κ1) is 20.3. The zero-order chi connectivity index (χ0) is 16.8. The lowest BCUT2D eigenvalue weighted by Crippen LogP contribution is -2.51. The van der Waals surface area contributed by atoms with Crippen molar-refractivity contribution in [3.8, 4) is 0 Å². The molecule has 0 spiro atoms. The zero-order valence-electron chi connectivity index (χ0n) is 13.5. The van der Waals surface area contributed by atoms with Crippen LogP contribution in [-0.2, 0) is 4.79 Å². The topological polar surface area (TPSA) is 61.4 Å².